The second-order valence-electron chi connectivity index (χ2n) is 9.36. The quantitative estimate of drug-likeness (QED) is 0.733. The van der Waals surface area contributed by atoms with E-state index in [0.29, 0.717) is 34.9 Å². The van der Waals surface area contributed by atoms with Gasteiger partial charge in [0.05, 0.1) is 6.10 Å². The topological polar surface area (TPSA) is 37.3 Å². The van der Waals surface area contributed by atoms with Gasteiger partial charge in [0.15, 0.2) is 0 Å². The van der Waals surface area contributed by atoms with Crippen LogP contribution in [-0.2, 0) is 4.79 Å². The van der Waals surface area contributed by atoms with E-state index < -0.39 is 0 Å². The lowest BCUT2D eigenvalue weighted by Gasteiger charge is -2.61. The number of carbonyl (C=O) groups excluding carboxylic acids is 1. The van der Waals surface area contributed by atoms with Crippen LogP contribution in [0.25, 0.3) is 0 Å². The molecule has 1 N–H and O–H groups in total. The number of ketones is 1. The lowest BCUT2D eigenvalue weighted by atomic mass is 9.43. The van der Waals surface area contributed by atoms with Gasteiger partial charge in [0.2, 0.25) is 0 Å². The molecule has 4 rings (SSSR count). The first-order valence-corrected chi connectivity index (χ1v) is 9.62. The number of Topliss-reactive ketones (excluding diaryl/α,β-unsaturated/α-hetero) is 1. The minimum absolute atomic E-state index is 0.0446. The van der Waals surface area contributed by atoms with Crippen molar-refractivity contribution in [2.24, 2.45) is 46.8 Å². The van der Waals surface area contributed by atoms with Gasteiger partial charge in [-0.1, -0.05) is 20.8 Å². The molecule has 0 aromatic heterocycles. The van der Waals surface area contributed by atoms with Crippen LogP contribution < -0.4 is 0 Å². The Morgan fingerprint density at radius 2 is 1.77 bits per heavy atom. The van der Waals surface area contributed by atoms with Gasteiger partial charge in [-0.25, -0.2) is 0 Å². The van der Waals surface area contributed by atoms with Crippen LogP contribution in [0.5, 0.6) is 0 Å². The zero-order valence-corrected chi connectivity index (χ0v) is 14.4. The third-order valence-electron chi connectivity index (χ3n) is 8.68. The van der Waals surface area contributed by atoms with Gasteiger partial charge in [-0.15, -0.1) is 0 Å². The monoisotopic (exact) mass is 304 g/mol. The summed E-state index contributed by atoms with van der Waals surface area (Å²) < 4.78 is 0. The van der Waals surface area contributed by atoms with Crippen molar-refractivity contribution in [2.75, 3.05) is 0 Å². The van der Waals surface area contributed by atoms with Crippen molar-refractivity contribution >= 4 is 5.78 Å². The van der Waals surface area contributed by atoms with Crippen molar-refractivity contribution in [3.63, 3.8) is 0 Å². The first-order chi connectivity index (χ1) is 10.4. The number of carbonyl (C=O) groups is 1. The summed E-state index contributed by atoms with van der Waals surface area (Å²) in [5.74, 6) is 5.25. The average molecular weight is 304 g/mol. The Morgan fingerprint density at radius 1 is 1.05 bits per heavy atom. The highest BCUT2D eigenvalue weighted by molar-refractivity contribution is 5.80. The molecule has 0 radical (unpaired) electrons. The predicted molar refractivity (Wildman–Crippen MR) is 87.2 cm³/mol. The largest absolute Gasteiger partial charge is 0.393 e. The van der Waals surface area contributed by atoms with Crippen molar-refractivity contribution in [3.05, 3.63) is 0 Å². The van der Waals surface area contributed by atoms with Crippen molar-refractivity contribution in [1.29, 1.82) is 0 Å². The summed E-state index contributed by atoms with van der Waals surface area (Å²) in [5, 5.41) is 10.4. The van der Waals surface area contributed by atoms with Gasteiger partial charge < -0.3 is 5.11 Å². The van der Waals surface area contributed by atoms with E-state index in [9.17, 15) is 9.90 Å². The predicted octanol–water partition coefficient (Wildman–Crippen LogP) is 4.06. The van der Waals surface area contributed by atoms with Gasteiger partial charge in [-0.3, -0.25) is 4.79 Å². The van der Waals surface area contributed by atoms with Crippen molar-refractivity contribution in [3.8, 4) is 0 Å². The summed E-state index contributed by atoms with van der Waals surface area (Å²) in [5.41, 5.74) is 0.365. The molecule has 9 atom stereocenters. The zero-order valence-electron chi connectivity index (χ0n) is 14.4. The van der Waals surface area contributed by atoms with Gasteiger partial charge in [0.25, 0.3) is 0 Å². The molecule has 4 aliphatic rings. The van der Waals surface area contributed by atoms with Gasteiger partial charge >= 0.3 is 0 Å². The van der Waals surface area contributed by atoms with Crippen molar-refractivity contribution in [1.82, 2.24) is 0 Å². The summed E-state index contributed by atoms with van der Waals surface area (Å²) in [6.45, 7) is 7.24. The van der Waals surface area contributed by atoms with Crippen molar-refractivity contribution < 1.29 is 9.90 Å². The minimum atomic E-state index is -0.0446. The lowest BCUT2D eigenvalue weighted by Crippen LogP contribution is -2.56. The zero-order chi connectivity index (χ0) is 15.6. The molecule has 0 aliphatic heterocycles. The van der Waals surface area contributed by atoms with Crippen LogP contribution in [0.4, 0.5) is 0 Å². The molecule has 0 amide bonds. The number of aliphatic hydroxyl groups excluding tert-OH is 1. The first-order valence-electron chi connectivity index (χ1n) is 9.62. The maximum Gasteiger partial charge on any atom is 0.133 e. The summed E-state index contributed by atoms with van der Waals surface area (Å²) in [7, 11) is 0. The van der Waals surface area contributed by atoms with E-state index >= 15 is 0 Å². The molecule has 4 aliphatic carbocycles. The molecule has 0 aromatic rings. The minimum Gasteiger partial charge on any atom is -0.393 e. The SMILES string of the molecule is C[C@@H]1C[C@H]2[C@@H](CC[C@H]3CC(=O)C[C@H](C)[C@@]32C)[C@@H]2CC[C@H](O)[C@H]21. The number of rotatable bonds is 0. The molecule has 0 bridgehead atoms. The Bertz CT molecular complexity index is 472. The summed E-state index contributed by atoms with van der Waals surface area (Å²) in [6.07, 6.45) is 7.72. The number of fused-ring (bicyclic) bond motifs is 5. The maximum absolute atomic E-state index is 12.1. The molecule has 2 nitrogen and oxygen atoms in total. The van der Waals surface area contributed by atoms with Gasteiger partial charge in [0, 0.05) is 12.8 Å². The van der Waals surface area contributed by atoms with Crippen LogP contribution in [0.2, 0.25) is 0 Å². The second-order valence-corrected chi connectivity index (χ2v) is 9.36. The highest BCUT2D eigenvalue weighted by Crippen LogP contribution is 2.65. The van der Waals surface area contributed by atoms with Crippen LogP contribution in [0, 0.1) is 46.8 Å². The summed E-state index contributed by atoms with van der Waals surface area (Å²) in [4.78, 5) is 12.1. The third kappa shape index (κ3) is 1.92. The third-order valence-corrected chi connectivity index (χ3v) is 8.68. The Hall–Kier alpha value is -0.370. The normalized spacial score (nSPS) is 57.9. The van der Waals surface area contributed by atoms with Crippen LogP contribution in [0.1, 0.15) is 65.7 Å². The number of hydrogen-bond acceptors (Lipinski definition) is 2. The highest BCUT2D eigenvalue weighted by Gasteiger charge is 2.59. The number of aliphatic hydroxyl groups is 1. The van der Waals surface area contributed by atoms with E-state index in [1.807, 2.05) is 0 Å². The van der Waals surface area contributed by atoms with Gasteiger partial charge in [-0.05, 0) is 78.9 Å². The van der Waals surface area contributed by atoms with E-state index in [2.05, 4.69) is 20.8 Å². The summed E-state index contributed by atoms with van der Waals surface area (Å²) in [6, 6.07) is 0. The smallest absolute Gasteiger partial charge is 0.133 e. The molecule has 0 heterocycles. The Kier molecular flexibility index (Phi) is 3.49. The molecule has 124 valence electrons. The van der Waals surface area contributed by atoms with E-state index in [0.717, 1.165) is 37.0 Å². The molecular formula is C20H32O2. The molecular weight excluding hydrogens is 272 g/mol. The molecule has 0 saturated heterocycles. The van der Waals surface area contributed by atoms with Crippen LogP contribution in [0.15, 0.2) is 0 Å². The van der Waals surface area contributed by atoms with Gasteiger partial charge in [0.1, 0.15) is 5.78 Å². The molecule has 0 aromatic carbocycles. The van der Waals surface area contributed by atoms with E-state index in [-0.39, 0.29) is 6.10 Å². The molecule has 4 saturated carbocycles. The highest BCUT2D eigenvalue weighted by atomic mass is 16.3. The van der Waals surface area contributed by atoms with E-state index in [1.54, 1.807) is 0 Å². The maximum atomic E-state index is 12.1. The Labute approximate surface area is 135 Å². The molecule has 0 spiro atoms. The van der Waals surface area contributed by atoms with E-state index in [4.69, 9.17) is 0 Å². The fourth-order valence-electron chi connectivity index (χ4n) is 7.51. The van der Waals surface area contributed by atoms with E-state index in [1.165, 1.54) is 25.7 Å². The second kappa shape index (κ2) is 5.06. The lowest BCUT2D eigenvalue weighted by molar-refractivity contribution is -0.151. The summed E-state index contributed by atoms with van der Waals surface area (Å²) >= 11 is 0. The van der Waals surface area contributed by atoms with Gasteiger partial charge in [-0.2, -0.15) is 0 Å². The Balaban J connectivity index is 1.68. The van der Waals surface area contributed by atoms with Crippen molar-refractivity contribution in [2.45, 2.75) is 71.8 Å². The standard InChI is InChI=1S/C20H32O2/c1-11-8-17-15(16-6-7-18(22)19(11)16)5-4-13-10-14(21)9-12(2)20(13,17)3/h11-13,15-19,22H,4-10H2,1-3H3/t11-,12+,13+,15+,16+,17+,18+,19+,20+/m1/s1. The first kappa shape index (κ1) is 15.2. The average Bonchev–Trinajstić information content (AvgIpc) is 2.84. The molecule has 2 heteroatoms. The molecule has 22 heavy (non-hydrogen) atoms. The van der Waals surface area contributed by atoms with Crippen LogP contribution in [0.3, 0.4) is 0 Å². The molecule has 4 fully saturated rings. The molecule has 0 unspecified atom stereocenters. The fourth-order valence-corrected chi connectivity index (χ4v) is 7.51. The Morgan fingerprint density at radius 3 is 2.55 bits per heavy atom. The van der Waals surface area contributed by atoms with Crippen LogP contribution >= 0.6 is 0 Å². The van der Waals surface area contributed by atoms with Crippen LogP contribution in [-0.4, -0.2) is 17.0 Å². The fraction of sp³-hybridized carbons (Fsp3) is 0.950. The number of hydrogen-bond donors (Lipinski definition) is 1.